The number of hydrogen-bond acceptors (Lipinski definition) is 2. The van der Waals surface area contributed by atoms with Crippen LogP contribution in [0.5, 0.6) is 0 Å². The first-order valence-corrected chi connectivity index (χ1v) is 9.04. The Kier molecular flexibility index (Phi) is 4.71. The van der Waals surface area contributed by atoms with Crippen LogP contribution in [0, 0.1) is 0 Å². The Bertz CT molecular complexity index is 620. The number of halogens is 3. The van der Waals surface area contributed by atoms with Crippen molar-refractivity contribution in [3.8, 4) is 0 Å². The monoisotopic (exact) mass is 348 g/mol. The van der Waals surface area contributed by atoms with Crippen molar-refractivity contribution in [2.45, 2.75) is 36.9 Å². The van der Waals surface area contributed by atoms with Crippen LogP contribution < -0.4 is 0 Å². The predicted octanol–water partition coefficient (Wildman–Crippen LogP) is 5.37. The Labute approximate surface area is 137 Å². The molecule has 0 spiro atoms. The molecule has 1 aromatic heterocycles. The van der Waals surface area contributed by atoms with E-state index >= 15 is 0 Å². The molecule has 2 nitrogen and oxygen atoms in total. The Morgan fingerprint density at radius 3 is 2.75 bits per heavy atom. The van der Waals surface area contributed by atoms with Crippen LogP contribution in [-0.4, -0.2) is 20.6 Å². The summed E-state index contributed by atoms with van der Waals surface area (Å²) in [4.78, 5) is 4.58. The van der Waals surface area contributed by atoms with Gasteiger partial charge in [-0.1, -0.05) is 29.6 Å². The molecule has 1 aliphatic rings. The van der Waals surface area contributed by atoms with Crippen molar-refractivity contribution >= 4 is 57.6 Å². The lowest BCUT2D eigenvalue weighted by molar-refractivity contribution is 0.582. The van der Waals surface area contributed by atoms with Crippen LogP contribution in [0.3, 0.4) is 0 Å². The molecule has 1 saturated heterocycles. The third-order valence-corrected chi connectivity index (χ3v) is 5.99. The maximum atomic E-state index is 6.14. The Hall–Kier alpha value is -0.0900. The zero-order chi connectivity index (χ0) is 14.1. The minimum absolute atomic E-state index is 0.404. The van der Waals surface area contributed by atoms with Gasteiger partial charge in [-0.25, -0.2) is 4.98 Å². The highest BCUT2D eigenvalue weighted by Crippen LogP contribution is 2.31. The average molecular weight is 350 g/mol. The molecular formula is C14H15Cl3N2S. The molecule has 0 bridgehead atoms. The summed E-state index contributed by atoms with van der Waals surface area (Å²) in [5.41, 5.74) is 1.90. The zero-order valence-electron chi connectivity index (χ0n) is 10.9. The summed E-state index contributed by atoms with van der Waals surface area (Å²) in [6, 6.07) is 3.72. The smallest absolute Gasteiger partial charge is 0.124 e. The van der Waals surface area contributed by atoms with Gasteiger partial charge in [0.25, 0.3) is 0 Å². The van der Waals surface area contributed by atoms with Gasteiger partial charge in [-0.15, -0.1) is 11.6 Å². The van der Waals surface area contributed by atoms with Crippen LogP contribution in [0.15, 0.2) is 12.1 Å². The fourth-order valence-corrected chi connectivity index (χ4v) is 4.44. The van der Waals surface area contributed by atoms with Crippen molar-refractivity contribution in [1.82, 2.24) is 9.55 Å². The fraction of sp³-hybridized carbons (Fsp3) is 0.500. The van der Waals surface area contributed by atoms with Gasteiger partial charge in [0.1, 0.15) is 5.82 Å². The number of hydrogen-bond donors (Lipinski definition) is 0. The van der Waals surface area contributed by atoms with E-state index in [0.717, 1.165) is 23.4 Å². The number of aromatic nitrogens is 2. The summed E-state index contributed by atoms with van der Waals surface area (Å²) < 4.78 is 2.20. The van der Waals surface area contributed by atoms with Crippen LogP contribution in [0.1, 0.15) is 25.1 Å². The molecule has 0 N–H and O–H groups in total. The molecule has 0 amide bonds. The highest BCUT2D eigenvalue weighted by atomic mass is 35.5. The van der Waals surface area contributed by atoms with Gasteiger partial charge in [0.2, 0.25) is 0 Å². The van der Waals surface area contributed by atoms with E-state index < -0.39 is 0 Å². The van der Waals surface area contributed by atoms with Gasteiger partial charge in [-0.3, -0.25) is 0 Å². The number of thioether (sulfide) groups is 1. The predicted molar refractivity (Wildman–Crippen MR) is 89.4 cm³/mol. The summed E-state index contributed by atoms with van der Waals surface area (Å²) in [5.74, 6) is 2.55. The quantitative estimate of drug-likeness (QED) is 0.693. The number of fused-ring (bicyclic) bond motifs is 1. The Morgan fingerprint density at radius 2 is 2.05 bits per heavy atom. The van der Waals surface area contributed by atoms with Crippen LogP contribution in [0.25, 0.3) is 11.0 Å². The van der Waals surface area contributed by atoms with Crippen LogP contribution in [0.2, 0.25) is 10.0 Å². The lowest BCUT2D eigenvalue weighted by atomic mass is 10.2. The number of benzene rings is 1. The van der Waals surface area contributed by atoms with Crippen molar-refractivity contribution in [3.63, 3.8) is 0 Å². The zero-order valence-corrected chi connectivity index (χ0v) is 14.0. The standard InChI is InChI=1S/C14H15Cl3N2S/c15-7-14-18-12-5-10(16)11(17)6-13(12)19(14)8-9-3-1-2-4-20-9/h5-6,9H,1-4,7-8H2. The average Bonchev–Trinajstić information content (AvgIpc) is 2.78. The van der Waals surface area contributed by atoms with Crippen LogP contribution in [0.4, 0.5) is 0 Å². The molecule has 1 unspecified atom stereocenters. The minimum Gasteiger partial charge on any atom is -0.326 e. The van der Waals surface area contributed by atoms with Gasteiger partial charge in [0.15, 0.2) is 0 Å². The van der Waals surface area contributed by atoms with E-state index in [-0.39, 0.29) is 0 Å². The molecule has 1 fully saturated rings. The highest BCUT2D eigenvalue weighted by Gasteiger charge is 2.19. The van der Waals surface area contributed by atoms with E-state index in [1.165, 1.54) is 25.0 Å². The van der Waals surface area contributed by atoms with Gasteiger partial charge in [0.05, 0.1) is 27.0 Å². The molecule has 1 aliphatic heterocycles. The summed E-state index contributed by atoms with van der Waals surface area (Å²) in [7, 11) is 0. The molecule has 0 aliphatic carbocycles. The van der Waals surface area contributed by atoms with Gasteiger partial charge in [-0.2, -0.15) is 11.8 Å². The second-order valence-corrected chi connectivity index (χ2v) is 7.51. The topological polar surface area (TPSA) is 17.8 Å². The van der Waals surface area contributed by atoms with E-state index in [2.05, 4.69) is 9.55 Å². The summed E-state index contributed by atoms with van der Waals surface area (Å²) in [6.07, 6.45) is 3.90. The van der Waals surface area contributed by atoms with Crippen molar-refractivity contribution in [3.05, 3.63) is 28.0 Å². The molecule has 6 heteroatoms. The molecule has 1 atom stereocenters. The molecular weight excluding hydrogens is 335 g/mol. The van der Waals surface area contributed by atoms with E-state index in [1.54, 1.807) is 0 Å². The first-order valence-electron chi connectivity index (χ1n) is 6.71. The summed E-state index contributed by atoms with van der Waals surface area (Å²) in [6.45, 7) is 0.946. The van der Waals surface area contributed by atoms with Gasteiger partial charge >= 0.3 is 0 Å². The molecule has 0 saturated carbocycles. The molecule has 0 radical (unpaired) electrons. The van der Waals surface area contributed by atoms with Crippen molar-refractivity contribution in [2.75, 3.05) is 5.75 Å². The van der Waals surface area contributed by atoms with E-state index in [9.17, 15) is 0 Å². The number of rotatable bonds is 3. The van der Waals surface area contributed by atoms with Crippen molar-refractivity contribution in [2.24, 2.45) is 0 Å². The molecule has 108 valence electrons. The Morgan fingerprint density at radius 1 is 1.25 bits per heavy atom. The van der Waals surface area contributed by atoms with Gasteiger partial charge in [-0.05, 0) is 30.7 Å². The second-order valence-electron chi connectivity index (χ2n) is 5.02. The second kappa shape index (κ2) is 6.35. The van der Waals surface area contributed by atoms with Crippen molar-refractivity contribution < 1.29 is 0 Å². The first kappa shape index (κ1) is 14.8. The molecule has 2 heterocycles. The van der Waals surface area contributed by atoms with Crippen LogP contribution in [-0.2, 0) is 12.4 Å². The molecule has 20 heavy (non-hydrogen) atoms. The third kappa shape index (κ3) is 2.92. The molecule has 3 rings (SSSR count). The van der Waals surface area contributed by atoms with E-state index in [1.807, 2.05) is 23.9 Å². The summed E-state index contributed by atoms with van der Waals surface area (Å²) in [5, 5.41) is 1.74. The third-order valence-electron chi connectivity index (χ3n) is 3.65. The van der Waals surface area contributed by atoms with E-state index in [0.29, 0.717) is 21.2 Å². The summed E-state index contributed by atoms with van der Waals surface area (Å²) >= 11 is 20.3. The first-order chi connectivity index (χ1) is 9.69. The maximum absolute atomic E-state index is 6.14. The minimum atomic E-state index is 0.404. The lowest BCUT2D eigenvalue weighted by Gasteiger charge is -2.22. The lowest BCUT2D eigenvalue weighted by Crippen LogP contribution is -2.18. The molecule has 2 aromatic rings. The number of nitrogens with zero attached hydrogens (tertiary/aromatic N) is 2. The SMILES string of the molecule is ClCc1nc2cc(Cl)c(Cl)cc2n1CC1CCCCS1. The molecule has 1 aromatic carbocycles. The normalized spacial score (nSPS) is 19.6. The van der Waals surface area contributed by atoms with Crippen LogP contribution >= 0.6 is 46.6 Å². The number of alkyl halides is 1. The van der Waals surface area contributed by atoms with E-state index in [4.69, 9.17) is 34.8 Å². The Balaban J connectivity index is 2.00. The van der Waals surface area contributed by atoms with Gasteiger partial charge in [0, 0.05) is 11.8 Å². The van der Waals surface area contributed by atoms with Crippen molar-refractivity contribution in [1.29, 1.82) is 0 Å². The number of imidazole rings is 1. The largest absolute Gasteiger partial charge is 0.326 e. The maximum Gasteiger partial charge on any atom is 0.124 e. The highest BCUT2D eigenvalue weighted by molar-refractivity contribution is 7.99. The van der Waals surface area contributed by atoms with Gasteiger partial charge < -0.3 is 4.57 Å². The fourth-order valence-electron chi connectivity index (χ4n) is 2.63.